The van der Waals surface area contributed by atoms with Crippen molar-refractivity contribution in [2.24, 2.45) is 0 Å². The van der Waals surface area contributed by atoms with E-state index in [2.05, 4.69) is 32.3 Å². The van der Waals surface area contributed by atoms with Crippen LogP contribution in [0.1, 0.15) is 12.0 Å². The van der Waals surface area contributed by atoms with E-state index in [1.807, 2.05) is 35.1 Å². The van der Waals surface area contributed by atoms with Gasteiger partial charge < -0.3 is 28.8 Å². The topological polar surface area (TPSA) is 86.0 Å². The van der Waals surface area contributed by atoms with Crippen LogP contribution < -0.4 is 19.7 Å². The van der Waals surface area contributed by atoms with Gasteiger partial charge in [0.2, 0.25) is 5.88 Å². The summed E-state index contributed by atoms with van der Waals surface area (Å²) in [4.78, 5) is 16.2. The van der Waals surface area contributed by atoms with E-state index in [1.54, 1.807) is 13.3 Å². The van der Waals surface area contributed by atoms with E-state index in [1.165, 1.54) is 0 Å². The fourth-order valence-corrected chi connectivity index (χ4v) is 4.49. The number of morpholine rings is 1. The number of hydrogen-bond donors (Lipinski definition) is 1. The van der Waals surface area contributed by atoms with E-state index >= 15 is 0 Å². The van der Waals surface area contributed by atoms with Gasteiger partial charge in [0.1, 0.15) is 5.75 Å². The Hall–Kier alpha value is -3.85. The van der Waals surface area contributed by atoms with E-state index in [9.17, 15) is 0 Å². The first-order chi connectivity index (χ1) is 16.8. The van der Waals surface area contributed by atoms with Crippen molar-refractivity contribution < 1.29 is 14.2 Å². The summed E-state index contributed by atoms with van der Waals surface area (Å²) in [6.07, 6.45) is 9.45. The van der Waals surface area contributed by atoms with E-state index < -0.39 is 0 Å². The molecule has 0 aliphatic carbocycles. The summed E-state index contributed by atoms with van der Waals surface area (Å²) < 4.78 is 18.8. The van der Waals surface area contributed by atoms with Crippen LogP contribution in [-0.2, 0) is 11.2 Å². The Labute approximate surface area is 197 Å². The first-order valence-electron chi connectivity index (χ1n) is 11.5. The highest BCUT2D eigenvalue weighted by molar-refractivity contribution is 5.76. The predicted molar refractivity (Wildman–Crippen MR) is 129 cm³/mol. The van der Waals surface area contributed by atoms with Crippen LogP contribution in [0, 0.1) is 0 Å². The SMILES string of the molecule is COc1cc(Nc2nc(-c3cnc4c(c3)CCCO4)cn3ccnc23)ccc1N1CCOCC1. The van der Waals surface area contributed by atoms with Crippen LogP contribution in [0.3, 0.4) is 0 Å². The summed E-state index contributed by atoms with van der Waals surface area (Å²) >= 11 is 0. The lowest BCUT2D eigenvalue weighted by atomic mass is 10.1. The number of aryl methyl sites for hydroxylation is 1. The number of anilines is 3. The molecule has 3 aromatic heterocycles. The number of nitrogens with one attached hydrogen (secondary N) is 1. The third-order valence-electron chi connectivity index (χ3n) is 6.22. The number of aromatic nitrogens is 4. The molecule has 1 aromatic carbocycles. The molecule has 34 heavy (non-hydrogen) atoms. The van der Waals surface area contributed by atoms with Gasteiger partial charge in [-0.25, -0.2) is 15.0 Å². The third kappa shape index (κ3) is 3.88. The fourth-order valence-electron chi connectivity index (χ4n) is 4.49. The monoisotopic (exact) mass is 458 g/mol. The molecule has 5 heterocycles. The Morgan fingerprint density at radius 3 is 2.88 bits per heavy atom. The Balaban J connectivity index is 1.35. The molecule has 2 aliphatic rings. The van der Waals surface area contributed by atoms with E-state index in [-0.39, 0.29) is 0 Å². The van der Waals surface area contributed by atoms with E-state index in [0.29, 0.717) is 5.82 Å². The average molecular weight is 459 g/mol. The average Bonchev–Trinajstić information content (AvgIpc) is 3.38. The number of methoxy groups -OCH3 is 1. The quantitative estimate of drug-likeness (QED) is 0.485. The highest BCUT2D eigenvalue weighted by atomic mass is 16.5. The van der Waals surface area contributed by atoms with Gasteiger partial charge in [-0.3, -0.25) is 0 Å². The number of ether oxygens (including phenoxy) is 3. The van der Waals surface area contributed by atoms with Gasteiger partial charge >= 0.3 is 0 Å². The molecule has 0 bridgehead atoms. The zero-order valence-corrected chi connectivity index (χ0v) is 19.0. The van der Waals surface area contributed by atoms with Crippen LogP contribution in [0.2, 0.25) is 0 Å². The van der Waals surface area contributed by atoms with E-state index in [0.717, 1.165) is 91.2 Å². The molecule has 0 unspecified atom stereocenters. The third-order valence-corrected chi connectivity index (χ3v) is 6.22. The summed E-state index contributed by atoms with van der Waals surface area (Å²) in [5.74, 6) is 2.20. The van der Waals surface area contributed by atoms with Crippen LogP contribution in [0.15, 0.2) is 49.1 Å². The van der Waals surface area contributed by atoms with Crippen LogP contribution in [0.5, 0.6) is 11.6 Å². The van der Waals surface area contributed by atoms with Gasteiger partial charge in [-0.2, -0.15) is 0 Å². The second-order valence-electron chi connectivity index (χ2n) is 8.38. The van der Waals surface area contributed by atoms with Gasteiger partial charge in [0, 0.05) is 60.8 Å². The molecule has 9 heteroatoms. The van der Waals surface area contributed by atoms with Crippen molar-refractivity contribution in [3.05, 3.63) is 54.6 Å². The molecule has 1 fully saturated rings. The summed E-state index contributed by atoms with van der Waals surface area (Å²) in [5, 5.41) is 3.45. The maximum atomic E-state index is 5.71. The number of pyridine rings is 1. The Kier molecular flexibility index (Phi) is 5.38. The number of rotatable bonds is 5. The lowest BCUT2D eigenvalue weighted by Crippen LogP contribution is -2.36. The molecule has 0 atom stereocenters. The molecule has 1 saturated heterocycles. The van der Waals surface area contributed by atoms with Crippen molar-refractivity contribution >= 4 is 22.8 Å². The summed E-state index contributed by atoms with van der Waals surface area (Å²) in [6.45, 7) is 3.87. The normalized spacial score (nSPS) is 15.6. The molecule has 2 aliphatic heterocycles. The molecule has 0 radical (unpaired) electrons. The highest BCUT2D eigenvalue weighted by Gasteiger charge is 2.18. The second kappa shape index (κ2) is 8.83. The second-order valence-corrected chi connectivity index (χ2v) is 8.38. The van der Waals surface area contributed by atoms with Crippen molar-refractivity contribution in [3.63, 3.8) is 0 Å². The van der Waals surface area contributed by atoms with Crippen molar-refractivity contribution in [3.8, 4) is 22.9 Å². The standard InChI is InChI=1S/C25H26N6O3/c1-32-22-14-19(4-5-21(22)30-8-11-33-12-9-30)28-23-24-26-6-7-31(24)16-20(29-23)18-13-17-3-2-10-34-25(17)27-15-18/h4-7,13-16H,2-3,8-12H2,1H3,(H,28,29). The number of hydrogen-bond acceptors (Lipinski definition) is 8. The largest absolute Gasteiger partial charge is 0.495 e. The predicted octanol–water partition coefficient (Wildman–Crippen LogP) is 3.71. The lowest BCUT2D eigenvalue weighted by molar-refractivity contribution is 0.122. The maximum absolute atomic E-state index is 5.71. The van der Waals surface area contributed by atoms with Crippen LogP contribution in [-0.4, -0.2) is 59.4 Å². The molecule has 6 rings (SSSR count). The van der Waals surface area contributed by atoms with Crippen molar-refractivity contribution in [1.82, 2.24) is 19.4 Å². The zero-order valence-electron chi connectivity index (χ0n) is 19.0. The maximum Gasteiger partial charge on any atom is 0.216 e. The molecular formula is C25H26N6O3. The molecule has 9 nitrogen and oxygen atoms in total. The van der Waals surface area contributed by atoms with Crippen molar-refractivity contribution in [1.29, 1.82) is 0 Å². The Morgan fingerprint density at radius 1 is 1.09 bits per heavy atom. The smallest absolute Gasteiger partial charge is 0.216 e. The molecule has 174 valence electrons. The van der Waals surface area contributed by atoms with Gasteiger partial charge in [-0.1, -0.05) is 0 Å². The van der Waals surface area contributed by atoms with Crippen molar-refractivity contribution in [2.75, 3.05) is 50.2 Å². The highest BCUT2D eigenvalue weighted by Crippen LogP contribution is 2.34. The summed E-state index contributed by atoms with van der Waals surface area (Å²) in [7, 11) is 1.70. The fraction of sp³-hybridized carbons (Fsp3) is 0.320. The molecule has 4 aromatic rings. The molecule has 0 saturated carbocycles. The number of benzene rings is 1. The molecular weight excluding hydrogens is 432 g/mol. The van der Waals surface area contributed by atoms with Gasteiger partial charge in [0.25, 0.3) is 0 Å². The minimum Gasteiger partial charge on any atom is -0.495 e. The van der Waals surface area contributed by atoms with Crippen LogP contribution >= 0.6 is 0 Å². The van der Waals surface area contributed by atoms with Crippen LogP contribution in [0.4, 0.5) is 17.2 Å². The first kappa shape index (κ1) is 20.7. The van der Waals surface area contributed by atoms with Gasteiger partial charge in [0.05, 0.1) is 38.3 Å². The number of imidazole rings is 1. The first-order valence-corrected chi connectivity index (χ1v) is 11.5. The minimum absolute atomic E-state index is 0.664. The molecule has 0 spiro atoms. The minimum atomic E-state index is 0.664. The molecule has 1 N–H and O–H groups in total. The van der Waals surface area contributed by atoms with Gasteiger partial charge in [-0.15, -0.1) is 0 Å². The van der Waals surface area contributed by atoms with Gasteiger partial charge in [-0.05, 0) is 31.0 Å². The number of fused-ring (bicyclic) bond motifs is 2. The van der Waals surface area contributed by atoms with Crippen molar-refractivity contribution in [2.45, 2.75) is 12.8 Å². The Morgan fingerprint density at radius 2 is 2.00 bits per heavy atom. The summed E-state index contributed by atoms with van der Waals surface area (Å²) in [6, 6.07) is 8.23. The Bertz CT molecular complexity index is 1330. The van der Waals surface area contributed by atoms with Crippen LogP contribution in [0.25, 0.3) is 16.9 Å². The van der Waals surface area contributed by atoms with Gasteiger partial charge in [0.15, 0.2) is 11.5 Å². The lowest BCUT2D eigenvalue weighted by Gasteiger charge is -2.30. The zero-order chi connectivity index (χ0) is 22.9. The van der Waals surface area contributed by atoms with E-state index in [4.69, 9.17) is 19.2 Å². The number of nitrogens with zero attached hydrogens (tertiary/aromatic N) is 5. The molecule has 0 amide bonds. The summed E-state index contributed by atoms with van der Waals surface area (Å²) in [5.41, 5.74) is 5.56.